The number of hydrogen-bond acceptors (Lipinski definition) is 10. The first-order valence-corrected chi connectivity index (χ1v) is 15.9. The second-order valence-corrected chi connectivity index (χ2v) is 13.3. The average molecular weight is 643 g/mol. The predicted octanol–water partition coefficient (Wildman–Crippen LogP) is 2.93. The van der Waals surface area contributed by atoms with Crippen LogP contribution in [0.5, 0.6) is 5.75 Å². The van der Waals surface area contributed by atoms with Gasteiger partial charge in [0.1, 0.15) is 22.8 Å². The number of benzene rings is 2. The fourth-order valence-electron chi connectivity index (χ4n) is 8.21. The molecule has 2 aromatic rings. The van der Waals surface area contributed by atoms with Gasteiger partial charge in [-0.15, -0.1) is 0 Å². The second kappa shape index (κ2) is 11.6. The molecule has 4 unspecified atom stereocenters. The SMILES string of the molecule is CCCCCc1cc(CC2C(=O)c3ccccc3C2=O)c(O)c2c1CC1CC3C(N(C)C)C(=O)C(C(N)=O)=C(O)C3(O)C(=O)C1=C2O. The Kier molecular flexibility index (Phi) is 7.96. The number of aromatic hydroxyl groups is 1. The summed E-state index contributed by atoms with van der Waals surface area (Å²) in [7, 11) is 3.11. The molecule has 4 aliphatic rings. The lowest BCUT2D eigenvalue weighted by Crippen LogP contribution is -2.65. The van der Waals surface area contributed by atoms with Crippen molar-refractivity contribution in [2.75, 3.05) is 14.1 Å². The van der Waals surface area contributed by atoms with E-state index in [1.807, 2.05) is 0 Å². The molecule has 0 aromatic heterocycles. The molecule has 11 heteroatoms. The van der Waals surface area contributed by atoms with Crippen LogP contribution in [-0.2, 0) is 33.6 Å². The topological polar surface area (TPSA) is 196 Å². The molecule has 0 bridgehead atoms. The Morgan fingerprint density at radius 1 is 0.979 bits per heavy atom. The van der Waals surface area contributed by atoms with Crippen LogP contribution in [0.4, 0.5) is 0 Å². The third-order valence-corrected chi connectivity index (χ3v) is 10.5. The smallest absolute Gasteiger partial charge is 0.255 e. The van der Waals surface area contributed by atoms with Gasteiger partial charge in [0.25, 0.3) is 5.91 Å². The summed E-state index contributed by atoms with van der Waals surface area (Å²) in [5.74, 6) is -8.97. The molecule has 1 saturated carbocycles. The number of ketones is 4. The fraction of sp³-hybridized carbons (Fsp3) is 0.417. The zero-order chi connectivity index (χ0) is 34.1. The van der Waals surface area contributed by atoms with Crippen molar-refractivity contribution in [3.05, 3.63) is 80.6 Å². The number of rotatable bonds is 8. The van der Waals surface area contributed by atoms with Gasteiger partial charge in [0, 0.05) is 22.6 Å². The van der Waals surface area contributed by atoms with Crippen LogP contribution in [0.2, 0.25) is 0 Å². The largest absolute Gasteiger partial charge is 0.508 e. The number of amides is 1. The number of carbonyl (C=O) groups excluding carboxylic acids is 5. The number of hydrogen-bond donors (Lipinski definition) is 5. The maximum atomic E-state index is 14.3. The van der Waals surface area contributed by atoms with E-state index < -0.39 is 64.0 Å². The van der Waals surface area contributed by atoms with E-state index in [9.17, 15) is 44.4 Å². The molecular weight excluding hydrogens is 604 g/mol. The van der Waals surface area contributed by atoms with Crippen molar-refractivity contribution in [3.63, 3.8) is 0 Å². The number of unbranched alkanes of at least 4 members (excludes halogenated alkanes) is 2. The standard InChI is InChI=1S/C36H38N2O9/c1-4-5-6-9-16-12-18(14-22-29(40)19-10-7-8-11-20(19)30(22)41)28(39)25-21(16)13-17-15-23-27(38(2)3)32(43)26(35(37)46)34(45)36(23,47)33(44)24(17)31(25)42/h7-8,10-12,17,22-23,27,39,42,45,47H,4-6,9,13-15H2,1-3H3,(H2,37,46). The van der Waals surface area contributed by atoms with Gasteiger partial charge in [0.15, 0.2) is 23.0 Å². The predicted molar refractivity (Wildman–Crippen MR) is 170 cm³/mol. The number of primary amides is 1. The van der Waals surface area contributed by atoms with Crippen molar-refractivity contribution in [3.8, 4) is 5.75 Å². The summed E-state index contributed by atoms with van der Waals surface area (Å²) in [6.07, 6.45) is 3.24. The summed E-state index contributed by atoms with van der Waals surface area (Å²) in [4.78, 5) is 67.9. The monoisotopic (exact) mass is 642 g/mol. The van der Waals surface area contributed by atoms with Crippen molar-refractivity contribution in [2.45, 2.75) is 63.5 Å². The van der Waals surface area contributed by atoms with Crippen LogP contribution in [0.15, 0.2) is 47.2 Å². The molecule has 1 fully saturated rings. The molecule has 11 nitrogen and oxygen atoms in total. The Morgan fingerprint density at radius 3 is 2.19 bits per heavy atom. The highest BCUT2D eigenvalue weighted by molar-refractivity contribution is 6.27. The van der Waals surface area contributed by atoms with Crippen molar-refractivity contribution < 1.29 is 44.4 Å². The average Bonchev–Trinajstić information content (AvgIpc) is 3.25. The summed E-state index contributed by atoms with van der Waals surface area (Å²) >= 11 is 0. The summed E-state index contributed by atoms with van der Waals surface area (Å²) < 4.78 is 0. The van der Waals surface area contributed by atoms with Crippen molar-refractivity contribution >= 4 is 34.8 Å². The second-order valence-electron chi connectivity index (χ2n) is 13.3. The van der Waals surface area contributed by atoms with Gasteiger partial charge in [-0.3, -0.25) is 28.9 Å². The number of nitrogens with zero attached hydrogens (tertiary/aromatic N) is 1. The normalized spacial score (nSPS) is 25.7. The van der Waals surface area contributed by atoms with E-state index >= 15 is 0 Å². The van der Waals surface area contributed by atoms with Crippen LogP contribution in [0.1, 0.15) is 75.6 Å². The molecule has 0 spiro atoms. The van der Waals surface area contributed by atoms with Crippen LogP contribution in [0.3, 0.4) is 0 Å². The van der Waals surface area contributed by atoms with Gasteiger partial charge in [-0.1, -0.05) is 50.1 Å². The summed E-state index contributed by atoms with van der Waals surface area (Å²) in [5.41, 5.74) is 3.81. The summed E-state index contributed by atoms with van der Waals surface area (Å²) in [6, 6.07) is 7.14. The minimum Gasteiger partial charge on any atom is -0.508 e. The van der Waals surface area contributed by atoms with Gasteiger partial charge in [0.2, 0.25) is 5.78 Å². The molecule has 6 N–H and O–H groups in total. The van der Waals surface area contributed by atoms with E-state index in [-0.39, 0.29) is 53.3 Å². The molecule has 2 aromatic carbocycles. The molecule has 6 rings (SSSR count). The zero-order valence-corrected chi connectivity index (χ0v) is 26.5. The summed E-state index contributed by atoms with van der Waals surface area (Å²) in [6.45, 7) is 2.06. The first-order valence-electron chi connectivity index (χ1n) is 15.9. The third-order valence-electron chi connectivity index (χ3n) is 10.5. The Morgan fingerprint density at radius 2 is 1.62 bits per heavy atom. The van der Waals surface area contributed by atoms with E-state index in [4.69, 9.17) is 5.73 Å². The summed E-state index contributed by atoms with van der Waals surface area (Å²) in [5, 5.41) is 46.5. The first kappa shape index (κ1) is 32.3. The molecule has 0 saturated heterocycles. The van der Waals surface area contributed by atoms with Crippen molar-refractivity contribution in [1.29, 1.82) is 0 Å². The Hall–Kier alpha value is -4.61. The number of Topliss-reactive ketones (excluding diaryl/α,β-unsaturated/α-hetero) is 4. The fourth-order valence-corrected chi connectivity index (χ4v) is 8.21. The number of likely N-dealkylation sites (N-methyl/N-ethyl adjacent to an activating group) is 1. The number of nitrogens with two attached hydrogens (primary N) is 1. The van der Waals surface area contributed by atoms with E-state index in [0.717, 1.165) is 24.8 Å². The lowest BCUT2D eigenvalue weighted by atomic mass is 9.57. The van der Waals surface area contributed by atoms with Crippen LogP contribution >= 0.6 is 0 Å². The first-order chi connectivity index (χ1) is 22.2. The maximum Gasteiger partial charge on any atom is 0.255 e. The number of fused-ring (bicyclic) bond motifs is 4. The number of phenolic OH excluding ortho intramolecular Hbond substituents is 1. The highest BCUT2D eigenvalue weighted by Crippen LogP contribution is 2.53. The molecule has 47 heavy (non-hydrogen) atoms. The Bertz CT molecular complexity index is 1800. The quantitative estimate of drug-likeness (QED) is 0.162. The molecule has 0 radical (unpaired) electrons. The lowest BCUT2D eigenvalue weighted by molar-refractivity contribution is -0.153. The van der Waals surface area contributed by atoms with Gasteiger partial charge in [-0.25, -0.2) is 0 Å². The minimum atomic E-state index is -2.74. The molecule has 0 heterocycles. The van der Waals surface area contributed by atoms with Gasteiger partial charge in [-0.2, -0.15) is 0 Å². The number of aliphatic hydroxyl groups excluding tert-OH is 2. The zero-order valence-electron chi connectivity index (χ0n) is 26.5. The maximum absolute atomic E-state index is 14.3. The molecule has 0 aliphatic heterocycles. The van der Waals surface area contributed by atoms with Crippen molar-refractivity contribution in [1.82, 2.24) is 4.90 Å². The minimum absolute atomic E-state index is 0.00793. The van der Waals surface area contributed by atoms with Gasteiger partial charge in [0.05, 0.1) is 17.5 Å². The van der Waals surface area contributed by atoms with E-state index in [2.05, 4.69) is 6.92 Å². The van der Waals surface area contributed by atoms with Gasteiger partial charge in [-0.05, 0) is 68.8 Å². The molecule has 4 atom stereocenters. The van der Waals surface area contributed by atoms with Crippen molar-refractivity contribution in [2.24, 2.45) is 23.5 Å². The highest BCUT2D eigenvalue weighted by Gasteiger charge is 2.64. The number of aliphatic hydroxyl groups is 3. The van der Waals surface area contributed by atoms with E-state index in [0.29, 0.717) is 23.1 Å². The molecular formula is C36H38N2O9. The lowest BCUT2D eigenvalue weighted by Gasteiger charge is -2.50. The van der Waals surface area contributed by atoms with E-state index in [1.54, 1.807) is 44.4 Å². The van der Waals surface area contributed by atoms with Crippen LogP contribution < -0.4 is 5.73 Å². The molecule has 246 valence electrons. The number of carbonyl (C=O) groups is 5. The van der Waals surface area contributed by atoms with Crippen LogP contribution in [0.25, 0.3) is 5.76 Å². The number of aryl methyl sites for hydroxylation is 1. The van der Waals surface area contributed by atoms with Gasteiger partial charge >= 0.3 is 0 Å². The van der Waals surface area contributed by atoms with Gasteiger partial charge < -0.3 is 26.2 Å². The molecule has 1 amide bonds. The molecule has 4 aliphatic carbocycles. The van der Waals surface area contributed by atoms with Crippen LogP contribution in [-0.4, -0.2) is 80.1 Å². The third kappa shape index (κ3) is 4.66. The van der Waals surface area contributed by atoms with Crippen LogP contribution in [0, 0.1) is 17.8 Å². The Labute approximate surface area is 271 Å². The highest BCUT2D eigenvalue weighted by atomic mass is 16.3. The Balaban J connectivity index is 1.50. The van der Waals surface area contributed by atoms with E-state index in [1.165, 1.54) is 4.90 Å². The number of phenols is 1.